The number of sulfonamides is 1. The number of nitrogens with one attached hydrogen (secondary N) is 3. The fraction of sp³-hybridized carbons (Fsp3) is 0.192. The van der Waals surface area contributed by atoms with Crippen LogP contribution in [-0.2, 0) is 22.9 Å². The van der Waals surface area contributed by atoms with Gasteiger partial charge in [-0.3, -0.25) is 4.72 Å². The zero-order chi connectivity index (χ0) is 24.3. The highest BCUT2D eigenvalue weighted by atomic mass is 32.2. The smallest absolute Gasteiger partial charge is 0.261 e. The minimum atomic E-state index is -3.66. The number of anilines is 5. The number of hydrogen-bond donors (Lipinski definition) is 3. The van der Waals surface area contributed by atoms with E-state index in [2.05, 4.69) is 30.3 Å². The van der Waals surface area contributed by atoms with Crippen molar-refractivity contribution in [3.05, 3.63) is 89.9 Å². The number of fused-ring (bicyclic) bond motifs is 1. The standard InChI is InChI=1S/C26H26N6O2S/c1-18-12-13-27-24(14-18)31-26-16-25(28-17-29-26)30-21-7-9-22(10-8-21)32-35(33,34)23-11-6-19-4-2-3-5-20(19)15-23/h6-17,32H,2-5H2,1H3,(H2,27,28,29,30,31). The van der Waals surface area contributed by atoms with E-state index in [-0.39, 0.29) is 0 Å². The van der Waals surface area contributed by atoms with Crippen molar-refractivity contribution in [2.75, 3.05) is 15.4 Å². The maximum absolute atomic E-state index is 12.9. The molecule has 8 nitrogen and oxygen atoms in total. The maximum Gasteiger partial charge on any atom is 0.261 e. The highest BCUT2D eigenvalue weighted by Crippen LogP contribution is 2.26. The molecule has 0 fully saturated rings. The fourth-order valence-electron chi connectivity index (χ4n) is 4.09. The first-order chi connectivity index (χ1) is 16.9. The Bertz CT molecular complexity index is 1460. The molecule has 5 rings (SSSR count). The van der Waals surface area contributed by atoms with Crippen LogP contribution in [-0.4, -0.2) is 23.4 Å². The van der Waals surface area contributed by atoms with Gasteiger partial charge in [-0.25, -0.2) is 23.4 Å². The molecular weight excluding hydrogens is 460 g/mol. The second kappa shape index (κ2) is 9.71. The van der Waals surface area contributed by atoms with Crippen molar-refractivity contribution < 1.29 is 8.42 Å². The number of rotatable bonds is 7. The van der Waals surface area contributed by atoms with Crippen molar-refractivity contribution in [1.82, 2.24) is 15.0 Å². The van der Waals surface area contributed by atoms with Crippen molar-refractivity contribution in [2.45, 2.75) is 37.5 Å². The van der Waals surface area contributed by atoms with Gasteiger partial charge in [-0.15, -0.1) is 0 Å². The van der Waals surface area contributed by atoms with Crippen LogP contribution in [0, 0.1) is 6.92 Å². The van der Waals surface area contributed by atoms with Crippen molar-refractivity contribution >= 4 is 38.9 Å². The van der Waals surface area contributed by atoms with Crippen LogP contribution in [0.25, 0.3) is 0 Å². The molecule has 0 unspecified atom stereocenters. The average Bonchev–Trinajstić information content (AvgIpc) is 2.85. The predicted octanol–water partition coefficient (Wildman–Crippen LogP) is 5.35. The van der Waals surface area contributed by atoms with Gasteiger partial charge in [-0.05, 0) is 97.8 Å². The molecular formula is C26H26N6O2S. The van der Waals surface area contributed by atoms with E-state index in [4.69, 9.17) is 0 Å². The molecule has 0 aliphatic heterocycles. The largest absolute Gasteiger partial charge is 0.340 e. The topological polar surface area (TPSA) is 109 Å². The summed E-state index contributed by atoms with van der Waals surface area (Å²) < 4.78 is 28.5. The monoisotopic (exact) mass is 486 g/mol. The maximum atomic E-state index is 12.9. The summed E-state index contributed by atoms with van der Waals surface area (Å²) in [5.74, 6) is 1.90. The van der Waals surface area contributed by atoms with Gasteiger partial charge in [0.1, 0.15) is 23.8 Å². The molecule has 0 spiro atoms. The molecule has 2 aromatic carbocycles. The van der Waals surface area contributed by atoms with Gasteiger partial charge in [0.25, 0.3) is 10.0 Å². The van der Waals surface area contributed by atoms with Gasteiger partial charge >= 0.3 is 0 Å². The third kappa shape index (κ3) is 5.58. The summed E-state index contributed by atoms with van der Waals surface area (Å²) in [6.07, 6.45) is 7.41. The predicted molar refractivity (Wildman–Crippen MR) is 138 cm³/mol. The summed E-state index contributed by atoms with van der Waals surface area (Å²) in [5, 5.41) is 6.37. The molecule has 2 aromatic heterocycles. The molecule has 3 N–H and O–H groups in total. The van der Waals surface area contributed by atoms with E-state index in [0.717, 1.165) is 42.5 Å². The minimum Gasteiger partial charge on any atom is -0.340 e. The summed E-state index contributed by atoms with van der Waals surface area (Å²) in [5.41, 5.74) is 4.74. The third-order valence-corrected chi connectivity index (χ3v) is 7.26. The molecule has 1 aliphatic rings. The van der Waals surface area contributed by atoms with E-state index in [1.807, 2.05) is 25.1 Å². The van der Waals surface area contributed by atoms with Crippen molar-refractivity contribution in [3.63, 3.8) is 0 Å². The van der Waals surface area contributed by atoms with Crippen LogP contribution in [0.4, 0.5) is 28.8 Å². The first kappa shape index (κ1) is 22.8. The molecule has 0 atom stereocenters. The molecule has 0 amide bonds. The van der Waals surface area contributed by atoms with Gasteiger partial charge in [0.05, 0.1) is 4.90 Å². The number of benzene rings is 2. The summed E-state index contributed by atoms with van der Waals surface area (Å²) in [7, 11) is -3.66. The molecule has 0 saturated carbocycles. The lowest BCUT2D eigenvalue weighted by Gasteiger charge is -2.17. The van der Waals surface area contributed by atoms with Gasteiger partial charge < -0.3 is 10.6 Å². The second-order valence-corrected chi connectivity index (χ2v) is 10.3. The normalized spacial score (nSPS) is 13.1. The Hall–Kier alpha value is -3.98. The number of aryl methyl sites for hydroxylation is 3. The van der Waals surface area contributed by atoms with Gasteiger partial charge in [0.15, 0.2) is 0 Å². The van der Waals surface area contributed by atoms with E-state index >= 15 is 0 Å². The molecule has 2 heterocycles. The van der Waals surface area contributed by atoms with Crippen molar-refractivity contribution in [2.24, 2.45) is 0 Å². The number of pyridine rings is 1. The molecule has 178 valence electrons. The highest BCUT2D eigenvalue weighted by molar-refractivity contribution is 7.92. The molecule has 9 heteroatoms. The Morgan fingerprint density at radius 3 is 2.17 bits per heavy atom. The van der Waals surface area contributed by atoms with E-state index < -0.39 is 10.0 Å². The Morgan fingerprint density at radius 1 is 0.714 bits per heavy atom. The van der Waals surface area contributed by atoms with Crippen LogP contribution in [0.2, 0.25) is 0 Å². The molecule has 4 aromatic rings. The van der Waals surface area contributed by atoms with Crippen molar-refractivity contribution in [1.29, 1.82) is 0 Å². The van der Waals surface area contributed by atoms with Crippen LogP contribution in [0.3, 0.4) is 0 Å². The Kier molecular flexibility index (Phi) is 6.33. The summed E-state index contributed by atoms with van der Waals surface area (Å²) in [4.78, 5) is 13.1. The number of aromatic nitrogens is 3. The average molecular weight is 487 g/mol. The van der Waals surface area contributed by atoms with Crippen molar-refractivity contribution in [3.8, 4) is 0 Å². The van der Waals surface area contributed by atoms with E-state index in [0.29, 0.717) is 28.0 Å². The van der Waals surface area contributed by atoms with E-state index in [9.17, 15) is 8.42 Å². The summed E-state index contributed by atoms with van der Waals surface area (Å²) in [6.45, 7) is 2.00. The second-order valence-electron chi connectivity index (χ2n) is 8.58. The fourth-order valence-corrected chi connectivity index (χ4v) is 5.20. The lowest BCUT2D eigenvalue weighted by Crippen LogP contribution is -2.14. The van der Waals surface area contributed by atoms with Crippen LogP contribution in [0.5, 0.6) is 0 Å². The molecule has 0 radical (unpaired) electrons. The van der Waals surface area contributed by atoms with Crippen LogP contribution in [0.1, 0.15) is 29.5 Å². The van der Waals surface area contributed by atoms with Crippen LogP contribution < -0.4 is 15.4 Å². The Morgan fingerprint density at radius 2 is 1.40 bits per heavy atom. The lowest BCUT2D eigenvalue weighted by atomic mass is 9.92. The highest BCUT2D eigenvalue weighted by Gasteiger charge is 2.18. The quantitative estimate of drug-likeness (QED) is 0.323. The minimum absolute atomic E-state index is 0.296. The van der Waals surface area contributed by atoms with E-state index in [1.54, 1.807) is 48.7 Å². The van der Waals surface area contributed by atoms with Crippen LogP contribution >= 0.6 is 0 Å². The van der Waals surface area contributed by atoms with E-state index in [1.165, 1.54) is 11.9 Å². The van der Waals surface area contributed by atoms with Gasteiger partial charge in [0.2, 0.25) is 0 Å². The van der Waals surface area contributed by atoms with Gasteiger partial charge in [-0.1, -0.05) is 6.07 Å². The first-order valence-corrected chi connectivity index (χ1v) is 13.0. The molecule has 0 bridgehead atoms. The zero-order valence-corrected chi connectivity index (χ0v) is 20.1. The molecule has 35 heavy (non-hydrogen) atoms. The van der Waals surface area contributed by atoms with Crippen LogP contribution in [0.15, 0.2) is 78.1 Å². The SMILES string of the molecule is Cc1ccnc(Nc2cc(Nc3ccc(NS(=O)(=O)c4ccc5c(c4)CCCC5)cc3)ncn2)c1. The Balaban J connectivity index is 1.25. The number of nitrogens with zero attached hydrogens (tertiary/aromatic N) is 3. The molecule has 1 aliphatic carbocycles. The first-order valence-electron chi connectivity index (χ1n) is 11.5. The van der Waals surface area contributed by atoms with Gasteiger partial charge in [-0.2, -0.15) is 0 Å². The van der Waals surface area contributed by atoms with Gasteiger partial charge in [0, 0.05) is 23.6 Å². The zero-order valence-electron chi connectivity index (χ0n) is 19.3. The third-order valence-electron chi connectivity index (χ3n) is 5.88. The summed E-state index contributed by atoms with van der Waals surface area (Å²) in [6, 6.07) is 18.1. The Labute approximate surface area is 204 Å². The molecule has 0 saturated heterocycles. The number of hydrogen-bond acceptors (Lipinski definition) is 7. The summed E-state index contributed by atoms with van der Waals surface area (Å²) >= 11 is 0. The lowest BCUT2D eigenvalue weighted by molar-refractivity contribution is 0.600.